The van der Waals surface area contributed by atoms with Crippen molar-refractivity contribution in [1.82, 2.24) is 15.2 Å². The van der Waals surface area contributed by atoms with Gasteiger partial charge in [-0.05, 0) is 23.6 Å². The SMILES string of the molecule is NC(=O)CCN(C(=O)CSc1n[nH]c(Cc2cccs2)n1)c1ccccc1. The molecule has 0 saturated carbocycles. The van der Waals surface area contributed by atoms with Gasteiger partial charge in [0.25, 0.3) is 0 Å². The molecule has 0 saturated heterocycles. The largest absolute Gasteiger partial charge is 0.370 e. The van der Waals surface area contributed by atoms with Crippen LogP contribution < -0.4 is 10.6 Å². The Labute approximate surface area is 165 Å². The van der Waals surface area contributed by atoms with Crippen molar-refractivity contribution >= 4 is 40.6 Å². The molecule has 0 atom stereocenters. The normalized spacial score (nSPS) is 10.7. The number of nitrogens with one attached hydrogen (secondary N) is 1. The summed E-state index contributed by atoms with van der Waals surface area (Å²) in [5, 5.41) is 9.61. The average Bonchev–Trinajstić information content (AvgIpc) is 3.33. The number of nitrogens with zero attached hydrogens (tertiary/aromatic N) is 3. The van der Waals surface area contributed by atoms with E-state index in [9.17, 15) is 9.59 Å². The highest BCUT2D eigenvalue weighted by molar-refractivity contribution is 7.99. The van der Waals surface area contributed by atoms with Crippen LogP contribution in [0, 0.1) is 0 Å². The lowest BCUT2D eigenvalue weighted by Gasteiger charge is -2.22. The van der Waals surface area contributed by atoms with Crippen molar-refractivity contribution < 1.29 is 9.59 Å². The first kappa shape index (κ1) is 19.1. The van der Waals surface area contributed by atoms with E-state index in [1.165, 1.54) is 16.6 Å². The number of H-pyrrole nitrogens is 1. The minimum Gasteiger partial charge on any atom is -0.370 e. The van der Waals surface area contributed by atoms with Crippen LogP contribution in [-0.2, 0) is 16.0 Å². The van der Waals surface area contributed by atoms with Gasteiger partial charge in [-0.3, -0.25) is 14.7 Å². The van der Waals surface area contributed by atoms with Gasteiger partial charge in [-0.25, -0.2) is 4.98 Å². The number of hydrogen-bond donors (Lipinski definition) is 2. The second-order valence-corrected chi connectivity index (χ2v) is 7.68. The van der Waals surface area contributed by atoms with E-state index in [1.807, 2.05) is 47.8 Å². The van der Waals surface area contributed by atoms with Gasteiger partial charge in [0.1, 0.15) is 5.82 Å². The summed E-state index contributed by atoms with van der Waals surface area (Å²) in [6.45, 7) is 0.246. The third kappa shape index (κ3) is 5.66. The van der Waals surface area contributed by atoms with Crippen LogP contribution in [0.4, 0.5) is 5.69 Å². The number of aromatic amines is 1. The molecule has 0 unspecified atom stereocenters. The summed E-state index contributed by atoms with van der Waals surface area (Å²) in [5.74, 6) is 0.367. The fraction of sp³-hybridized carbons (Fsp3) is 0.222. The van der Waals surface area contributed by atoms with E-state index in [2.05, 4.69) is 15.2 Å². The molecule has 0 fully saturated rings. The van der Waals surface area contributed by atoms with Crippen LogP contribution in [0.15, 0.2) is 53.0 Å². The summed E-state index contributed by atoms with van der Waals surface area (Å²) < 4.78 is 0. The van der Waals surface area contributed by atoms with E-state index < -0.39 is 5.91 Å². The summed E-state index contributed by atoms with van der Waals surface area (Å²) in [5.41, 5.74) is 5.97. The standard InChI is InChI=1S/C18H19N5O2S2/c19-15(24)8-9-23(13-5-2-1-3-6-13)17(25)12-27-18-20-16(21-22-18)11-14-7-4-10-26-14/h1-7,10H,8-9,11-12H2,(H2,19,24)(H,20,21,22). The van der Waals surface area contributed by atoms with Gasteiger partial charge in [-0.1, -0.05) is 36.0 Å². The number of aromatic nitrogens is 3. The first-order valence-corrected chi connectivity index (χ1v) is 10.2. The zero-order chi connectivity index (χ0) is 19.1. The maximum absolute atomic E-state index is 12.7. The van der Waals surface area contributed by atoms with Crippen LogP contribution in [0.3, 0.4) is 0 Å². The lowest BCUT2D eigenvalue weighted by Crippen LogP contribution is -2.35. The van der Waals surface area contributed by atoms with Crippen molar-refractivity contribution in [1.29, 1.82) is 0 Å². The number of anilines is 1. The summed E-state index contributed by atoms with van der Waals surface area (Å²) in [4.78, 5) is 31.0. The lowest BCUT2D eigenvalue weighted by atomic mass is 10.2. The van der Waals surface area contributed by atoms with Crippen LogP contribution in [-0.4, -0.2) is 39.3 Å². The van der Waals surface area contributed by atoms with Crippen molar-refractivity contribution in [3.8, 4) is 0 Å². The predicted octanol–water partition coefficient (Wildman–Crippen LogP) is 2.46. The van der Waals surface area contributed by atoms with E-state index in [4.69, 9.17) is 5.73 Å². The van der Waals surface area contributed by atoms with Crippen LogP contribution >= 0.6 is 23.1 Å². The van der Waals surface area contributed by atoms with E-state index in [1.54, 1.807) is 16.2 Å². The highest BCUT2D eigenvalue weighted by Crippen LogP contribution is 2.19. The number of nitrogens with two attached hydrogens (primary N) is 1. The van der Waals surface area contributed by atoms with E-state index >= 15 is 0 Å². The number of hydrogen-bond acceptors (Lipinski definition) is 6. The van der Waals surface area contributed by atoms with Gasteiger partial charge in [0.2, 0.25) is 17.0 Å². The summed E-state index contributed by atoms with van der Waals surface area (Å²) in [7, 11) is 0. The van der Waals surface area contributed by atoms with Gasteiger partial charge < -0.3 is 10.6 Å². The number of amides is 2. The van der Waals surface area contributed by atoms with Crippen LogP contribution in [0.25, 0.3) is 0 Å². The van der Waals surface area contributed by atoms with Crippen molar-refractivity contribution in [2.75, 3.05) is 17.2 Å². The minimum atomic E-state index is -0.441. The van der Waals surface area contributed by atoms with E-state index in [-0.39, 0.29) is 24.6 Å². The number of para-hydroxylation sites is 1. The lowest BCUT2D eigenvalue weighted by molar-refractivity contribution is -0.118. The van der Waals surface area contributed by atoms with Crippen LogP contribution in [0.1, 0.15) is 17.1 Å². The molecule has 0 spiro atoms. The van der Waals surface area contributed by atoms with Crippen LogP contribution in [0.2, 0.25) is 0 Å². The monoisotopic (exact) mass is 401 g/mol. The van der Waals surface area contributed by atoms with Gasteiger partial charge in [0.05, 0.1) is 5.75 Å². The smallest absolute Gasteiger partial charge is 0.237 e. The fourth-order valence-corrected chi connectivity index (χ4v) is 3.83. The minimum absolute atomic E-state index is 0.108. The highest BCUT2D eigenvalue weighted by atomic mass is 32.2. The molecule has 0 aliphatic carbocycles. The molecule has 7 nitrogen and oxygen atoms in total. The zero-order valence-corrected chi connectivity index (χ0v) is 16.1. The van der Waals surface area contributed by atoms with Crippen LogP contribution in [0.5, 0.6) is 0 Å². The molecule has 3 aromatic rings. The third-order valence-electron chi connectivity index (χ3n) is 3.71. The molecule has 2 heterocycles. The first-order valence-electron chi connectivity index (χ1n) is 8.32. The first-order chi connectivity index (χ1) is 13.1. The molecule has 0 aliphatic heterocycles. The number of thiophene rings is 1. The molecule has 3 rings (SSSR count). The summed E-state index contributed by atoms with van der Waals surface area (Å²) >= 11 is 2.92. The highest BCUT2D eigenvalue weighted by Gasteiger charge is 2.17. The van der Waals surface area contributed by atoms with Crippen molar-refractivity contribution in [2.45, 2.75) is 18.0 Å². The zero-order valence-electron chi connectivity index (χ0n) is 14.5. The number of carbonyl (C=O) groups is 2. The Balaban J connectivity index is 1.60. The molecule has 9 heteroatoms. The second kappa shape index (κ2) is 9.33. The molecule has 27 heavy (non-hydrogen) atoms. The van der Waals surface area contributed by atoms with Gasteiger partial charge in [-0.2, -0.15) is 0 Å². The maximum Gasteiger partial charge on any atom is 0.237 e. The Morgan fingerprint density at radius 1 is 1.19 bits per heavy atom. The van der Waals surface area contributed by atoms with Gasteiger partial charge >= 0.3 is 0 Å². The Morgan fingerprint density at radius 3 is 2.70 bits per heavy atom. The molecule has 3 N–H and O–H groups in total. The topological polar surface area (TPSA) is 105 Å². The Bertz CT molecular complexity index is 880. The number of thioether (sulfide) groups is 1. The van der Waals surface area contributed by atoms with E-state index in [0.29, 0.717) is 11.6 Å². The Morgan fingerprint density at radius 2 is 2.00 bits per heavy atom. The molecule has 0 radical (unpaired) electrons. The maximum atomic E-state index is 12.7. The average molecular weight is 402 g/mol. The second-order valence-electron chi connectivity index (χ2n) is 5.71. The molecule has 2 aromatic heterocycles. The number of primary amides is 1. The van der Waals surface area contributed by atoms with Gasteiger partial charge in [0.15, 0.2) is 0 Å². The molecule has 2 amide bonds. The van der Waals surface area contributed by atoms with Gasteiger partial charge in [-0.15, -0.1) is 16.4 Å². The Kier molecular flexibility index (Phi) is 6.61. The number of benzene rings is 1. The summed E-state index contributed by atoms with van der Waals surface area (Å²) in [6.07, 6.45) is 0.796. The molecule has 0 bridgehead atoms. The van der Waals surface area contributed by atoms with Gasteiger partial charge in [0, 0.05) is 30.0 Å². The van der Waals surface area contributed by atoms with Crippen molar-refractivity contribution in [3.63, 3.8) is 0 Å². The predicted molar refractivity (Wildman–Crippen MR) is 107 cm³/mol. The van der Waals surface area contributed by atoms with Crippen molar-refractivity contribution in [2.24, 2.45) is 5.73 Å². The van der Waals surface area contributed by atoms with Crippen molar-refractivity contribution in [3.05, 3.63) is 58.5 Å². The molecular formula is C18H19N5O2S2. The summed E-state index contributed by atoms with van der Waals surface area (Å²) in [6, 6.07) is 13.3. The third-order valence-corrected chi connectivity index (χ3v) is 5.42. The molecule has 140 valence electrons. The quantitative estimate of drug-likeness (QED) is 0.536. The fourth-order valence-electron chi connectivity index (χ4n) is 2.43. The molecular weight excluding hydrogens is 382 g/mol. The number of rotatable bonds is 9. The Hall–Kier alpha value is -2.65. The number of carbonyl (C=O) groups excluding carboxylic acids is 2. The molecule has 1 aromatic carbocycles. The van der Waals surface area contributed by atoms with E-state index in [0.717, 1.165) is 11.5 Å². The molecule has 0 aliphatic rings.